The lowest BCUT2D eigenvalue weighted by molar-refractivity contribution is 0.100. The van der Waals surface area contributed by atoms with Crippen LogP contribution in [0, 0.1) is 0 Å². The molecule has 2 aliphatic rings. The average Bonchev–Trinajstić information content (AvgIpc) is 3.09. The first-order valence-corrected chi connectivity index (χ1v) is 7.64. The summed E-state index contributed by atoms with van der Waals surface area (Å²) in [7, 11) is 0. The molecule has 1 amide bonds. The van der Waals surface area contributed by atoms with E-state index in [1.807, 2.05) is 12.1 Å². The van der Waals surface area contributed by atoms with Crippen LogP contribution in [0.15, 0.2) is 18.2 Å². The molecule has 4 nitrogen and oxygen atoms in total. The van der Waals surface area contributed by atoms with E-state index in [1.165, 1.54) is 25.7 Å². The molecule has 5 heteroatoms. The maximum atomic E-state index is 11.2. The Balaban J connectivity index is 1.84. The van der Waals surface area contributed by atoms with E-state index in [9.17, 15) is 4.79 Å². The first-order valence-electron chi connectivity index (χ1n) is 7.26. The van der Waals surface area contributed by atoms with Gasteiger partial charge in [-0.25, -0.2) is 0 Å². The number of nitrogens with two attached hydrogens (primary N) is 1. The number of nitrogens with one attached hydrogen (secondary N) is 1. The van der Waals surface area contributed by atoms with Gasteiger partial charge in [-0.2, -0.15) is 0 Å². The van der Waals surface area contributed by atoms with E-state index < -0.39 is 5.91 Å². The molecule has 2 saturated heterocycles. The van der Waals surface area contributed by atoms with Gasteiger partial charge in [-0.3, -0.25) is 4.79 Å². The summed E-state index contributed by atoms with van der Waals surface area (Å²) in [5.74, 6) is -0.475. The van der Waals surface area contributed by atoms with Crippen molar-refractivity contribution in [3.05, 3.63) is 28.8 Å². The minimum absolute atomic E-state index is 0.394. The van der Waals surface area contributed by atoms with Gasteiger partial charge in [0, 0.05) is 24.3 Å². The Hall–Kier alpha value is -1.26. The molecular weight excluding hydrogens is 274 g/mol. The SMILES string of the molecule is NC(=O)c1ccc(N2CCCC2C2CCCN2)cc1Cl. The van der Waals surface area contributed by atoms with Gasteiger partial charge in [-0.05, 0) is 50.4 Å². The van der Waals surface area contributed by atoms with E-state index in [2.05, 4.69) is 10.2 Å². The van der Waals surface area contributed by atoms with E-state index in [0.717, 1.165) is 18.8 Å². The van der Waals surface area contributed by atoms with Gasteiger partial charge in [0.1, 0.15) is 0 Å². The third-order valence-electron chi connectivity index (χ3n) is 4.41. The molecular formula is C15H20ClN3O. The van der Waals surface area contributed by atoms with Gasteiger partial charge in [0.2, 0.25) is 5.91 Å². The quantitative estimate of drug-likeness (QED) is 0.898. The summed E-state index contributed by atoms with van der Waals surface area (Å²) in [6.45, 7) is 2.17. The summed E-state index contributed by atoms with van der Waals surface area (Å²) in [5.41, 5.74) is 6.79. The number of carbonyl (C=O) groups excluding carboxylic acids is 1. The maximum absolute atomic E-state index is 11.2. The number of halogens is 1. The second-order valence-corrected chi connectivity index (χ2v) is 6.04. The predicted octanol–water partition coefficient (Wildman–Crippen LogP) is 2.16. The summed E-state index contributed by atoms with van der Waals surface area (Å²) in [4.78, 5) is 13.7. The molecule has 2 heterocycles. The molecule has 2 aliphatic heterocycles. The normalized spacial score (nSPS) is 26.1. The van der Waals surface area contributed by atoms with Gasteiger partial charge in [-0.15, -0.1) is 0 Å². The van der Waals surface area contributed by atoms with Crippen molar-refractivity contribution >= 4 is 23.2 Å². The molecule has 20 heavy (non-hydrogen) atoms. The Labute approximate surface area is 124 Å². The van der Waals surface area contributed by atoms with Crippen LogP contribution in [0.3, 0.4) is 0 Å². The fraction of sp³-hybridized carbons (Fsp3) is 0.533. The number of benzene rings is 1. The van der Waals surface area contributed by atoms with Crippen molar-refractivity contribution < 1.29 is 4.79 Å². The van der Waals surface area contributed by atoms with Crippen molar-refractivity contribution in [2.75, 3.05) is 18.0 Å². The second-order valence-electron chi connectivity index (χ2n) is 5.63. The standard InChI is InChI=1S/C15H20ClN3O/c16-12-9-10(5-6-11(12)15(17)20)19-8-2-4-14(19)13-3-1-7-18-13/h5-6,9,13-14,18H,1-4,7-8H2,(H2,17,20). The molecule has 0 saturated carbocycles. The number of amides is 1. The number of hydrogen-bond donors (Lipinski definition) is 2. The third-order valence-corrected chi connectivity index (χ3v) is 4.72. The fourth-order valence-electron chi connectivity index (χ4n) is 3.45. The first-order chi connectivity index (χ1) is 9.66. The lowest BCUT2D eigenvalue weighted by atomic mass is 10.0. The molecule has 0 bridgehead atoms. The highest BCUT2D eigenvalue weighted by Gasteiger charge is 2.33. The van der Waals surface area contributed by atoms with E-state index in [-0.39, 0.29) is 0 Å². The largest absolute Gasteiger partial charge is 0.367 e. The minimum atomic E-state index is -0.475. The maximum Gasteiger partial charge on any atom is 0.250 e. The summed E-state index contributed by atoms with van der Waals surface area (Å²) in [6.07, 6.45) is 4.93. The topological polar surface area (TPSA) is 58.4 Å². The van der Waals surface area contributed by atoms with Crippen LogP contribution in [0.25, 0.3) is 0 Å². The van der Waals surface area contributed by atoms with Gasteiger partial charge in [0.15, 0.2) is 0 Å². The highest BCUT2D eigenvalue weighted by Crippen LogP contribution is 2.32. The van der Waals surface area contributed by atoms with Gasteiger partial charge < -0.3 is 16.0 Å². The van der Waals surface area contributed by atoms with Gasteiger partial charge >= 0.3 is 0 Å². The molecule has 108 valence electrons. The smallest absolute Gasteiger partial charge is 0.250 e. The van der Waals surface area contributed by atoms with Gasteiger partial charge in [-0.1, -0.05) is 11.6 Å². The summed E-state index contributed by atoms with van der Waals surface area (Å²) >= 11 is 6.17. The van der Waals surface area contributed by atoms with Crippen molar-refractivity contribution in [2.24, 2.45) is 5.73 Å². The lowest BCUT2D eigenvalue weighted by Gasteiger charge is -2.31. The molecule has 1 aromatic carbocycles. The molecule has 0 aromatic heterocycles. The van der Waals surface area contributed by atoms with Crippen molar-refractivity contribution in [3.63, 3.8) is 0 Å². The number of rotatable bonds is 3. The Morgan fingerprint density at radius 3 is 2.85 bits per heavy atom. The molecule has 2 atom stereocenters. The molecule has 0 radical (unpaired) electrons. The van der Waals surface area contributed by atoms with Crippen LogP contribution in [-0.4, -0.2) is 31.1 Å². The van der Waals surface area contributed by atoms with Crippen LogP contribution in [0.1, 0.15) is 36.0 Å². The zero-order valence-electron chi connectivity index (χ0n) is 11.4. The average molecular weight is 294 g/mol. The number of primary amides is 1. The summed E-state index contributed by atoms with van der Waals surface area (Å²) in [5, 5.41) is 4.04. The molecule has 1 aromatic rings. The fourth-order valence-corrected chi connectivity index (χ4v) is 3.72. The number of nitrogens with zero attached hydrogens (tertiary/aromatic N) is 1. The third kappa shape index (κ3) is 2.50. The van der Waals surface area contributed by atoms with E-state index >= 15 is 0 Å². The molecule has 0 aliphatic carbocycles. The Morgan fingerprint density at radius 1 is 1.35 bits per heavy atom. The molecule has 2 unspecified atom stereocenters. The van der Waals surface area contributed by atoms with Crippen LogP contribution in [-0.2, 0) is 0 Å². The highest BCUT2D eigenvalue weighted by atomic mass is 35.5. The van der Waals surface area contributed by atoms with E-state index in [4.69, 9.17) is 17.3 Å². The zero-order valence-corrected chi connectivity index (χ0v) is 12.2. The van der Waals surface area contributed by atoms with Crippen molar-refractivity contribution in [2.45, 2.75) is 37.8 Å². The molecule has 3 rings (SSSR count). The van der Waals surface area contributed by atoms with Crippen LogP contribution >= 0.6 is 11.6 Å². The zero-order chi connectivity index (χ0) is 14.1. The Morgan fingerprint density at radius 2 is 2.20 bits per heavy atom. The second kappa shape index (κ2) is 5.62. The number of anilines is 1. The first kappa shape index (κ1) is 13.7. The van der Waals surface area contributed by atoms with E-state index in [0.29, 0.717) is 22.7 Å². The van der Waals surface area contributed by atoms with Gasteiger partial charge in [0.25, 0.3) is 0 Å². The number of hydrogen-bond acceptors (Lipinski definition) is 3. The summed E-state index contributed by atoms with van der Waals surface area (Å²) < 4.78 is 0. The van der Waals surface area contributed by atoms with Crippen LogP contribution in [0.4, 0.5) is 5.69 Å². The molecule has 3 N–H and O–H groups in total. The van der Waals surface area contributed by atoms with Crippen LogP contribution < -0.4 is 16.0 Å². The van der Waals surface area contributed by atoms with Crippen molar-refractivity contribution in [1.82, 2.24) is 5.32 Å². The highest BCUT2D eigenvalue weighted by molar-refractivity contribution is 6.34. The molecule has 0 spiro atoms. The van der Waals surface area contributed by atoms with Crippen LogP contribution in [0.2, 0.25) is 5.02 Å². The number of carbonyl (C=O) groups is 1. The monoisotopic (exact) mass is 293 g/mol. The van der Waals surface area contributed by atoms with E-state index in [1.54, 1.807) is 6.07 Å². The van der Waals surface area contributed by atoms with Crippen molar-refractivity contribution in [1.29, 1.82) is 0 Å². The Bertz CT molecular complexity index is 514. The minimum Gasteiger partial charge on any atom is -0.367 e. The predicted molar refractivity (Wildman–Crippen MR) is 81.4 cm³/mol. The lowest BCUT2D eigenvalue weighted by Crippen LogP contribution is -2.44. The van der Waals surface area contributed by atoms with Gasteiger partial charge in [0.05, 0.1) is 10.6 Å². The van der Waals surface area contributed by atoms with Crippen LogP contribution in [0.5, 0.6) is 0 Å². The Kier molecular flexibility index (Phi) is 3.85. The summed E-state index contributed by atoms with van der Waals surface area (Å²) in [6, 6.07) is 6.67. The van der Waals surface area contributed by atoms with Crippen molar-refractivity contribution in [3.8, 4) is 0 Å². The molecule has 2 fully saturated rings.